The molecule has 2 aromatic heterocycles. The van der Waals surface area contributed by atoms with Gasteiger partial charge in [0, 0.05) is 17.3 Å². The lowest BCUT2D eigenvalue weighted by molar-refractivity contribution is 0.699. The van der Waals surface area contributed by atoms with Gasteiger partial charge in [-0.15, -0.1) is 6.42 Å². The van der Waals surface area contributed by atoms with Crippen LogP contribution in [0.15, 0.2) is 6.20 Å². The van der Waals surface area contributed by atoms with Gasteiger partial charge in [0.15, 0.2) is 5.65 Å². The average Bonchev–Trinajstić information content (AvgIpc) is 2.92. The lowest BCUT2D eigenvalue weighted by atomic mass is 10.1. The van der Waals surface area contributed by atoms with Gasteiger partial charge in [0.05, 0.1) is 12.7 Å². The van der Waals surface area contributed by atoms with Crippen molar-refractivity contribution in [3.63, 3.8) is 0 Å². The largest absolute Gasteiger partial charge is 0.342 e. The Bertz CT molecular complexity index is 744. The molecule has 0 aliphatic carbocycles. The first-order chi connectivity index (χ1) is 9.17. The van der Waals surface area contributed by atoms with Crippen molar-refractivity contribution in [2.75, 3.05) is 11.4 Å². The molecule has 0 saturated heterocycles. The van der Waals surface area contributed by atoms with E-state index in [2.05, 4.69) is 33.9 Å². The van der Waals surface area contributed by atoms with Gasteiger partial charge in [-0.2, -0.15) is 14.9 Å². The third-order valence-corrected chi connectivity index (χ3v) is 3.61. The number of hydrogen-bond donors (Lipinski definition) is 0. The molecule has 3 heterocycles. The first-order valence-electron chi connectivity index (χ1n) is 6.14. The van der Waals surface area contributed by atoms with Crippen LogP contribution in [0, 0.1) is 30.6 Å². The number of aromatic nitrogens is 3. The Balaban J connectivity index is 2.33. The Hall–Kier alpha value is -2.53. The highest BCUT2D eigenvalue weighted by Gasteiger charge is 2.31. The lowest BCUT2D eigenvalue weighted by Gasteiger charge is -2.22. The molecule has 0 spiro atoms. The van der Waals surface area contributed by atoms with E-state index in [1.165, 1.54) is 5.56 Å². The summed E-state index contributed by atoms with van der Waals surface area (Å²) in [6, 6.07) is 2.45. The van der Waals surface area contributed by atoms with Crippen LogP contribution in [0.25, 0.3) is 5.65 Å². The van der Waals surface area contributed by atoms with Gasteiger partial charge in [-0.05, 0) is 20.3 Å². The maximum Gasteiger partial charge on any atom is 0.175 e. The maximum atomic E-state index is 9.10. The fourth-order valence-corrected chi connectivity index (χ4v) is 2.68. The zero-order valence-electron chi connectivity index (χ0n) is 10.9. The summed E-state index contributed by atoms with van der Waals surface area (Å²) in [7, 11) is 0. The van der Waals surface area contributed by atoms with Crippen LogP contribution in [0.1, 0.15) is 23.7 Å². The molecule has 0 N–H and O–H groups in total. The number of nitriles is 1. The molecule has 0 amide bonds. The van der Waals surface area contributed by atoms with E-state index in [-0.39, 0.29) is 0 Å². The van der Waals surface area contributed by atoms with Crippen molar-refractivity contribution in [2.45, 2.75) is 26.3 Å². The van der Waals surface area contributed by atoms with E-state index in [1.54, 1.807) is 10.7 Å². The van der Waals surface area contributed by atoms with Gasteiger partial charge in [-0.25, -0.2) is 4.98 Å². The minimum absolute atomic E-state index is 0.326. The predicted molar refractivity (Wildman–Crippen MR) is 71.8 cm³/mol. The zero-order valence-corrected chi connectivity index (χ0v) is 10.9. The summed E-state index contributed by atoms with van der Waals surface area (Å²) < 4.78 is 1.74. The van der Waals surface area contributed by atoms with Crippen molar-refractivity contribution in [2.24, 2.45) is 0 Å². The Morgan fingerprint density at radius 1 is 1.58 bits per heavy atom. The van der Waals surface area contributed by atoms with Gasteiger partial charge < -0.3 is 4.90 Å². The quantitative estimate of drug-likeness (QED) is 0.717. The van der Waals surface area contributed by atoms with Gasteiger partial charge in [-0.1, -0.05) is 5.92 Å². The second-order valence-corrected chi connectivity index (χ2v) is 4.79. The number of terminal acetylenes is 1. The smallest absolute Gasteiger partial charge is 0.175 e. The number of nitrogens with zero attached hydrogens (tertiary/aromatic N) is 5. The van der Waals surface area contributed by atoms with Crippen LogP contribution >= 0.6 is 0 Å². The highest BCUT2D eigenvalue weighted by atomic mass is 15.4. The molecular formula is C14H13N5. The highest BCUT2D eigenvalue weighted by Crippen LogP contribution is 2.34. The first-order valence-corrected chi connectivity index (χ1v) is 6.14. The lowest BCUT2D eigenvalue weighted by Crippen LogP contribution is -2.30. The third-order valence-electron chi connectivity index (χ3n) is 3.61. The number of anilines is 1. The van der Waals surface area contributed by atoms with Crippen LogP contribution in [-0.2, 0) is 6.42 Å². The molecule has 1 atom stereocenters. The molecule has 1 aliphatic rings. The normalized spacial score (nSPS) is 17.3. The summed E-state index contributed by atoms with van der Waals surface area (Å²) >= 11 is 0. The minimum Gasteiger partial charge on any atom is -0.342 e. The zero-order chi connectivity index (χ0) is 13.6. The predicted octanol–water partition coefficient (Wildman–Crippen LogP) is 1.29. The van der Waals surface area contributed by atoms with Crippen LogP contribution in [-0.4, -0.2) is 27.2 Å². The van der Waals surface area contributed by atoms with Gasteiger partial charge in [-0.3, -0.25) is 0 Å². The molecule has 0 saturated carbocycles. The molecule has 0 radical (unpaired) electrons. The van der Waals surface area contributed by atoms with Crippen molar-refractivity contribution in [1.29, 1.82) is 5.26 Å². The van der Waals surface area contributed by atoms with E-state index in [1.807, 2.05) is 6.92 Å². The van der Waals surface area contributed by atoms with Crippen molar-refractivity contribution < 1.29 is 0 Å². The number of fused-ring (bicyclic) bond motifs is 3. The van der Waals surface area contributed by atoms with E-state index in [0.717, 1.165) is 17.9 Å². The van der Waals surface area contributed by atoms with E-state index in [0.29, 0.717) is 23.8 Å². The van der Waals surface area contributed by atoms with Crippen LogP contribution in [0.5, 0.6) is 0 Å². The maximum absolute atomic E-state index is 9.10. The van der Waals surface area contributed by atoms with Gasteiger partial charge >= 0.3 is 0 Å². The summed E-state index contributed by atoms with van der Waals surface area (Å²) in [4.78, 5) is 6.65. The van der Waals surface area contributed by atoms with Crippen LogP contribution in [0.3, 0.4) is 0 Å². The summed E-state index contributed by atoms with van der Waals surface area (Å²) in [6.45, 7) is 4.64. The molecule has 5 heteroatoms. The minimum atomic E-state index is 0.326. The molecule has 19 heavy (non-hydrogen) atoms. The molecule has 1 aliphatic heterocycles. The summed E-state index contributed by atoms with van der Waals surface area (Å²) in [5.41, 5.74) is 3.22. The number of aryl methyl sites for hydroxylation is 1. The first kappa shape index (κ1) is 11.6. The molecule has 2 aromatic rings. The van der Waals surface area contributed by atoms with Crippen molar-refractivity contribution in [3.8, 4) is 18.4 Å². The average molecular weight is 251 g/mol. The van der Waals surface area contributed by atoms with E-state index >= 15 is 0 Å². The molecule has 0 aromatic carbocycles. The van der Waals surface area contributed by atoms with E-state index in [4.69, 9.17) is 11.7 Å². The standard InChI is InChI=1S/C14H13N5/c1-4-5-18-9(2)6-12-10(3)17-13-11(7-15)8-16-19(13)14(12)18/h1,8-9H,5-6H2,2-3H3. The molecule has 0 fully saturated rings. The summed E-state index contributed by atoms with van der Waals surface area (Å²) in [5.74, 6) is 3.67. The molecular weight excluding hydrogens is 238 g/mol. The Labute approximate surface area is 111 Å². The molecule has 3 rings (SSSR count). The van der Waals surface area contributed by atoms with Crippen molar-refractivity contribution in [3.05, 3.63) is 23.0 Å². The Morgan fingerprint density at radius 3 is 3.05 bits per heavy atom. The SMILES string of the molecule is C#CCN1c2c(c(C)nc3c(C#N)cnn23)CC1C. The third kappa shape index (κ3) is 1.49. The van der Waals surface area contributed by atoms with Crippen molar-refractivity contribution in [1.82, 2.24) is 14.6 Å². The van der Waals surface area contributed by atoms with E-state index in [9.17, 15) is 0 Å². The van der Waals surface area contributed by atoms with Crippen LogP contribution in [0.4, 0.5) is 5.82 Å². The summed E-state index contributed by atoms with van der Waals surface area (Å²) in [5, 5.41) is 13.4. The van der Waals surface area contributed by atoms with Crippen LogP contribution < -0.4 is 4.90 Å². The highest BCUT2D eigenvalue weighted by molar-refractivity contribution is 5.65. The second kappa shape index (κ2) is 4.00. The number of hydrogen-bond acceptors (Lipinski definition) is 4. The Kier molecular flexibility index (Phi) is 2.43. The molecule has 94 valence electrons. The topological polar surface area (TPSA) is 57.2 Å². The second-order valence-electron chi connectivity index (χ2n) is 4.79. The van der Waals surface area contributed by atoms with Crippen molar-refractivity contribution >= 4 is 11.5 Å². The van der Waals surface area contributed by atoms with Gasteiger partial charge in [0.25, 0.3) is 0 Å². The fraction of sp³-hybridized carbons (Fsp3) is 0.357. The van der Waals surface area contributed by atoms with E-state index < -0.39 is 0 Å². The Morgan fingerprint density at radius 2 is 2.37 bits per heavy atom. The number of rotatable bonds is 1. The van der Waals surface area contributed by atoms with Gasteiger partial charge in [0.1, 0.15) is 17.5 Å². The molecule has 5 nitrogen and oxygen atoms in total. The monoisotopic (exact) mass is 251 g/mol. The summed E-state index contributed by atoms with van der Waals surface area (Å²) in [6.07, 6.45) is 7.92. The molecule has 0 bridgehead atoms. The van der Waals surface area contributed by atoms with Gasteiger partial charge in [0.2, 0.25) is 0 Å². The van der Waals surface area contributed by atoms with Crippen LogP contribution in [0.2, 0.25) is 0 Å². The molecule has 1 unspecified atom stereocenters. The fourth-order valence-electron chi connectivity index (χ4n) is 2.68.